The van der Waals surface area contributed by atoms with Crippen molar-refractivity contribution in [2.24, 2.45) is 5.92 Å². The molecule has 1 aromatic rings. The Morgan fingerprint density at radius 3 is 2.66 bits per heavy atom. The number of anilines is 1. The van der Waals surface area contributed by atoms with E-state index in [9.17, 15) is 9.59 Å². The van der Waals surface area contributed by atoms with Gasteiger partial charge in [0, 0.05) is 51.5 Å². The number of hydrogen-bond acceptors (Lipinski definition) is 6. The summed E-state index contributed by atoms with van der Waals surface area (Å²) in [6, 6.07) is 0.777. The minimum atomic E-state index is -0.131. The normalized spacial score (nSPS) is 25.8. The predicted octanol–water partition coefficient (Wildman–Crippen LogP) is 2.46. The molecule has 1 saturated heterocycles. The Morgan fingerprint density at radius 2 is 1.90 bits per heavy atom. The van der Waals surface area contributed by atoms with Crippen molar-refractivity contribution in [1.29, 1.82) is 0 Å². The highest BCUT2D eigenvalue weighted by Crippen LogP contribution is 2.33. The van der Waals surface area contributed by atoms with Crippen LogP contribution in [0.3, 0.4) is 0 Å². The molecule has 0 spiro atoms. The second-order valence-electron chi connectivity index (χ2n) is 8.59. The Kier molecular flexibility index (Phi) is 6.08. The number of oxazole rings is 1. The maximum absolute atomic E-state index is 13.1. The van der Waals surface area contributed by atoms with E-state index in [-0.39, 0.29) is 18.0 Å². The quantitative estimate of drug-likeness (QED) is 0.702. The van der Waals surface area contributed by atoms with Crippen molar-refractivity contribution in [3.05, 3.63) is 11.5 Å². The van der Waals surface area contributed by atoms with Crippen LogP contribution in [0.1, 0.15) is 50.0 Å². The van der Waals surface area contributed by atoms with Crippen LogP contribution in [0.25, 0.3) is 0 Å². The molecule has 2 amide bonds. The summed E-state index contributed by atoms with van der Waals surface area (Å²) in [5.74, 6) is 1.36. The fourth-order valence-corrected chi connectivity index (χ4v) is 4.82. The zero-order valence-corrected chi connectivity index (χ0v) is 17.6. The zero-order valence-electron chi connectivity index (χ0n) is 17.6. The van der Waals surface area contributed by atoms with E-state index in [2.05, 4.69) is 16.9 Å². The van der Waals surface area contributed by atoms with Gasteiger partial charge in [-0.3, -0.25) is 4.79 Å². The van der Waals surface area contributed by atoms with Gasteiger partial charge in [-0.15, -0.1) is 0 Å². The summed E-state index contributed by atoms with van der Waals surface area (Å²) in [7, 11) is 3.55. The molecule has 3 heterocycles. The first kappa shape index (κ1) is 20.2. The molecule has 4 rings (SSSR count). The van der Waals surface area contributed by atoms with Crippen LogP contribution in [0.15, 0.2) is 4.42 Å². The van der Waals surface area contributed by atoms with Crippen molar-refractivity contribution in [3.8, 4) is 0 Å². The van der Waals surface area contributed by atoms with Crippen molar-refractivity contribution in [3.63, 3.8) is 0 Å². The second-order valence-corrected chi connectivity index (χ2v) is 8.59. The van der Waals surface area contributed by atoms with Gasteiger partial charge in [0.1, 0.15) is 5.76 Å². The van der Waals surface area contributed by atoms with Gasteiger partial charge in [-0.25, -0.2) is 9.69 Å². The molecule has 8 nitrogen and oxygen atoms in total. The molecule has 1 aromatic heterocycles. The molecular formula is C21H32N4O4. The molecule has 0 atom stereocenters. The fraction of sp³-hybridized carbons (Fsp3) is 0.762. The van der Waals surface area contributed by atoms with E-state index in [1.165, 1.54) is 7.11 Å². The number of rotatable bonds is 5. The van der Waals surface area contributed by atoms with Crippen LogP contribution in [0.4, 0.5) is 10.8 Å². The Bertz CT molecular complexity index is 716. The second kappa shape index (κ2) is 8.73. The van der Waals surface area contributed by atoms with Crippen LogP contribution in [-0.2, 0) is 22.4 Å². The molecule has 0 bridgehead atoms. The van der Waals surface area contributed by atoms with Crippen molar-refractivity contribution >= 4 is 18.0 Å². The summed E-state index contributed by atoms with van der Waals surface area (Å²) in [6.07, 6.45) is 7.22. The van der Waals surface area contributed by atoms with Crippen LogP contribution in [-0.4, -0.2) is 73.2 Å². The summed E-state index contributed by atoms with van der Waals surface area (Å²) < 4.78 is 10.7. The molecule has 2 fully saturated rings. The Morgan fingerprint density at radius 1 is 1.14 bits per heavy atom. The van der Waals surface area contributed by atoms with E-state index < -0.39 is 0 Å². The molecular weight excluding hydrogens is 372 g/mol. The molecule has 0 radical (unpaired) electrons. The first-order chi connectivity index (χ1) is 14.0. The third kappa shape index (κ3) is 4.42. The topological polar surface area (TPSA) is 79.1 Å². The number of hydrogen-bond donors (Lipinski definition) is 0. The molecule has 8 heteroatoms. The smallest absolute Gasteiger partial charge is 0.328 e. The SMILES string of the molecule is COC(=O)CC[C@H]1CC[C@H](N2CCN(c3nc4c(o3)CCN(C)CC4)C2=O)CC1. The number of nitrogens with zero attached hydrogens (tertiary/aromatic N) is 4. The summed E-state index contributed by atoms with van der Waals surface area (Å²) in [4.78, 5) is 35.1. The van der Waals surface area contributed by atoms with Crippen molar-refractivity contribution < 1.29 is 18.7 Å². The van der Waals surface area contributed by atoms with Crippen molar-refractivity contribution in [2.45, 2.75) is 57.4 Å². The highest BCUT2D eigenvalue weighted by atomic mass is 16.5. The highest BCUT2D eigenvalue weighted by molar-refractivity contribution is 5.92. The van der Waals surface area contributed by atoms with Crippen LogP contribution in [0.2, 0.25) is 0 Å². The van der Waals surface area contributed by atoms with Gasteiger partial charge in [0.2, 0.25) is 0 Å². The number of esters is 1. The molecule has 0 N–H and O–H groups in total. The van der Waals surface area contributed by atoms with Gasteiger partial charge in [-0.05, 0) is 45.1 Å². The average molecular weight is 405 g/mol. The van der Waals surface area contributed by atoms with Gasteiger partial charge in [-0.1, -0.05) is 0 Å². The van der Waals surface area contributed by atoms with E-state index >= 15 is 0 Å². The first-order valence-electron chi connectivity index (χ1n) is 10.9. The maximum Gasteiger partial charge on any atom is 0.328 e. The largest absolute Gasteiger partial charge is 0.469 e. The van der Waals surface area contributed by atoms with Gasteiger partial charge in [0.05, 0.1) is 12.8 Å². The van der Waals surface area contributed by atoms with E-state index in [1.54, 1.807) is 4.90 Å². The number of carbonyl (C=O) groups excluding carboxylic acids is 2. The number of amides is 2. The minimum Gasteiger partial charge on any atom is -0.469 e. The molecule has 1 aliphatic carbocycles. The number of carbonyl (C=O) groups is 2. The van der Waals surface area contributed by atoms with E-state index in [1.807, 2.05) is 4.90 Å². The Hall–Kier alpha value is -2.09. The molecule has 29 heavy (non-hydrogen) atoms. The lowest BCUT2D eigenvalue weighted by molar-refractivity contribution is -0.141. The number of fused-ring (bicyclic) bond motifs is 1. The number of methoxy groups -OCH3 is 1. The molecule has 3 aliphatic rings. The van der Waals surface area contributed by atoms with Crippen molar-refractivity contribution in [1.82, 2.24) is 14.8 Å². The monoisotopic (exact) mass is 404 g/mol. The minimum absolute atomic E-state index is 0.0246. The summed E-state index contributed by atoms with van der Waals surface area (Å²) in [5.41, 5.74) is 1.00. The van der Waals surface area contributed by atoms with Gasteiger partial charge in [0.15, 0.2) is 0 Å². The molecule has 0 aromatic carbocycles. The standard InChI is InChI=1S/C21H32N4O4/c1-23-11-9-17-18(10-12-23)29-20(22-17)25-14-13-24(21(25)27)16-6-3-15(4-7-16)5-8-19(26)28-2/h15-16H,3-14H2,1-2H3/t15-,16-. The van der Waals surface area contributed by atoms with Crippen LogP contribution >= 0.6 is 0 Å². The van der Waals surface area contributed by atoms with Gasteiger partial charge in [-0.2, -0.15) is 4.98 Å². The predicted molar refractivity (Wildman–Crippen MR) is 108 cm³/mol. The summed E-state index contributed by atoms with van der Waals surface area (Å²) >= 11 is 0. The van der Waals surface area contributed by atoms with E-state index in [0.29, 0.717) is 24.9 Å². The molecule has 1 saturated carbocycles. The van der Waals surface area contributed by atoms with Crippen molar-refractivity contribution in [2.75, 3.05) is 45.2 Å². The third-order valence-corrected chi connectivity index (χ3v) is 6.73. The van der Waals surface area contributed by atoms with Gasteiger partial charge in [0.25, 0.3) is 0 Å². The lowest BCUT2D eigenvalue weighted by Crippen LogP contribution is -2.41. The molecule has 2 aliphatic heterocycles. The zero-order chi connectivity index (χ0) is 20.4. The molecule has 0 unspecified atom stereocenters. The average Bonchev–Trinajstić information content (AvgIpc) is 3.27. The highest BCUT2D eigenvalue weighted by Gasteiger charge is 2.38. The number of ether oxygens (including phenoxy) is 1. The number of likely N-dealkylation sites (N-methyl/N-ethyl adjacent to an activating group) is 1. The lowest BCUT2D eigenvalue weighted by atomic mass is 9.83. The molecule has 160 valence electrons. The summed E-state index contributed by atoms with van der Waals surface area (Å²) in [5, 5.41) is 0. The van der Waals surface area contributed by atoms with Crippen LogP contribution in [0, 0.1) is 5.92 Å². The Labute approximate surface area is 172 Å². The maximum atomic E-state index is 13.1. The van der Waals surface area contributed by atoms with E-state index in [0.717, 1.165) is 76.0 Å². The van der Waals surface area contributed by atoms with Crippen LogP contribution < -0.4 is 4.90 Å². The fourth-order valence-electron chi connectivity index (χ4n) is 4.82. The van der Waals surface area contributed by atoms with E-state index in [4.69, 9.17) is 9.15 Å². The Balaban J connectivity index is 1.32. The number of aromatic nitrogens is 1. The van der Waals surface area contributed by atoms with Gasteiger partial charge >= 0.3 is 18.0 Å². The number of urea groups is 1. The van der Waals surface area contributed by atoms with Crippen LogP contribution in [0.5, 0.6) is 0 Å². The van der Waals surface area contributed by atoms with Gasteiger partial charge < -0.3 is 19.0 Å². The summed E-state index contributed by atoms with van der Waals surface area (Å²) in [6.45, 7) is 3.30. The first-order valence-corrected chi connectivity index (χ1v) is 10.9. The lowest BCUT2D eigenvalue weighted by Gasteiger charge is -2.34. The third-order valence-electron chi connectivity index (χ3n) is 6.73.